The third-order valence-corrected chi connectivity index (χ3v) is 5.94. The number of nitrogens with one attached hydrogen (secondary N) is 1. The average Bonchev–Trinajstić information content (AvgIpc) is 2.80. The second-order valence-electron chi connectivity index (χ2n) is 7.20. The minimum Gasteiger partial charge on any atom is -0.314 e. The van der Waals surface area contributed by atoms with Gasteiger partial charge in [-0.1, -0.05) is 72.8 Å². The van der Waals surface area contributed by atoms with E-state index in [-0.39, 0.29) is 6.42 Å². The Morgan fingerprint density at radius 1 is 1.00 bits per heavy atom. The second-order valence-corrected chi connectivity index (χ2v) is 8.76. The Balaban J connectivity index is 1.81. The molecule has 0 aliphatic carbocycles. The van der Waals surface area contributed by atoms with Crippen LogP contribution < -0.4 is 9.62 Å². The molecule has 0 radical (unpaired) electrons. The lowest BCUT2D eigenvalue weighted by atomic mass is 10.0. The molecule has 3 aromatic rings. The highest BCUT2D eigenvalue weighted by Crippen LogP contribution is 2.27. The highest BCUT2D eigenvalue weighted by molar-refractivity contribution is 7.93. The van der Waals surface area contributed by atoms with Crippen molar-refractivity contribution in [3.05, 3.63) is 96.4 Å². The van der Waals surface area contributed by atoms with E-state index in [2.05, 4.69) is 6.58 Å². The van der Waals surface area contributed by atoms with E-state index >= 15 is 0 Å². The first kappa shape index (κ1) is 23.0. The van der Waals surface area contributed by atoms with Gasteiger partial charge in [0, 0.05) is 12.4 Å². The summed E-state index contributed by atoms with van der Waals surface area (Å²) in [7, 11) is -2.52. The molecule has 6 nitrogen and oxygen atoms in total. The summed E-state index contributed by atoms with van der Waals surface area (Å²) in [5.41, 5.74) is 1.29. The van der Waals surface area contributed by atoms with E-state index in [1.807, 2.05) is 47.2 Å². The van der Waals surface area contributed by atoms with Crippen molar-refractivity contribution in [2.75, 3.05) is 11.9 Å². The summed E-state index contributed by atoms with van der Waals surface area (Å²) in [6.45, 7) is 3.61. The number of anilines is 1. The Labute approximate surface area is 187 Å². The summed E-state index contributed by atoms with van der Waals surface area (Å²) >= 11 is 0. The predicted molar refractivity (Wildman–Crippen MR) is 128 cm³/mol. The fourth-order valence-electron chi connectivity index (χ4n) is 3.32. The molecule has 1 unspecified atom stereocenters. The summed E-state index contributed by atoms with van der Waals surface area (Å²) in [6, 6.07) is 21.9. The Hall–Kier alpha value is -3.71. The van der Waals surface area contributed by atoms with Gasteiger partial charge in [0.25, 0.3) is 10.0 Å². The number of hydrogen-bond donors (Lipinski definition) is 1. The molecule has 3 aromatic carbocycles. The van der Waals surface area contributed by atoms with Gasteiger partial charge in [0.05, 0.1) is 11.1 Å². The molecule has 164 valence electrons. The van der Waals surface area contributed by atoms with Crippen LogP contribution >= 0.6 is 0 Å². The van der Waals surface area contributed by atoms with Crippen molar-refractivity contribution in [3.63, 3.8) is 0 Å². The Bertz CT molecular complexity index is 1260. The molecule has 0 aliphatic rings. The third kappa shape index (κ3) is 5.50. The zero-order valence-electron chi connectivity index (χ0n) is 17.6. The van der Waals surface area contributed by atoms with Crippen molar-refractivity contribution < 1.29 is 18.0 Å². The van der Waals surface area contributed by atoms with Gasteiger partial charge in [-0.25, -0.2) is 13.1 Å². The van der Waals surface area contributed by atoms with E-state index in [0.29, 0.717) is 11.3 Å². The molecule has 7 heteroatoms. The largest absolute Gasteiger partial charge is 0.314 e. The van der Waals surface area contributed by atoms with Crippen LogP contribution in [-0.4, -0.2) is 27.3 Å². The number of sulfonamides is 1. The van der Waals surface area contributed by atoms with Gasteiger partial charge in [-0.2, -0.15) is 0 Å². The zero-order chi connectivity index (χ0) is 23.1. The van der Waals surface area contributed by atoms with Gasteiger partial charge < -0.3 is 4.90 Å². The van der Waals surface area contributed by atoms with E-state index < -0.39 is 27.8 Å². The number of amides is 2. The van der Waals surface area contributed by atoms with Crippen molar-refractivity contribution in [2.45, 2.75) is 6.42 Å². The number of carbonyl (C=O) groups excluding carboxylic acids is 2. The SMILES string of the molecule is C=CCC(C(=O)NS(=O)(=O)C=Cc1ccccc1)C(=O)N(C)c1cccc2ccccc12. The first-order valence-electron chi connectivity index (χ1n) is 9.98. The van der Waals surface area contributed by atoms with Crippen LogP contribution in [-0.2, 0) is 19.6 Å². The fourth-order valence-corrected chi connectivity index (χ4v) is 4.14. The third-order valence-electron chi connectivity index (χ3n) is 4.96. The molecular formula is C25H24N2O4S. The fraction of sp³-hybridized carbons (Fsp3) is 0.120. The lowest BCUT2D eigenvalue weighted by molar-refractivity contribution is -0.132. The second kappa shape index (κ2) is 10.1. The number of nitrogens with zero attached hydrogens (tertiary/aromatic N) is 1. The summed E-state index contributed by atoms with van der Waals surface area (Å²) in [5, 5.41) is 2.70. The minimum absolute atomic E-state index is 0.00229. The molecule has 1 N–H and O–H groups in total. The summed E-state index contributed by atoms with van der Waals surface area (Å²) < 4.78 is 26.8. The lowest BCUT2D eigenvalue weighted by Gasteiger charge is -2.24. The summed E-state index contributed by atoms with van der Waals surface area (Å²) in [6.07, 6.45) is 2.80. The van der Waals surface area contributed by atoms with Crippen molar-refractivity contribution in [3.8, 4) is 0 Å². The lowest BCUT2D eigenvalue weighted by Crippen LogP contribution is -2.43. The van der Waals surface area contributed by atoms with Crippen molar-refractivity contribution in [1.29, 1.82) is 0 Å². The number of allylic oxidation sites excluding steroid dienone is 1. The summed E-state index contributed by atoms with van der Waals surface area (Å²) in [5.74, 6) is -2.67. The molecular weight excluding hydrogens is 424 g/mol. The zero-order valence-corrected chi connectivity index (χ0v) is 18.5. The topological polar surface area (TPSA) is 83.5 Å². The maximum Gasteiger partial charge on any atom is 0.257 e. The maximum absolute atomic E-state index is 13.2. The van der Waals surface area contributed by atoms with E-state index in [0.717, 1.165) is 16.2 Å². The van der Waals surface area contributed by atoms with Crippen LogP contribution in [0.25, 0.3) is 16.8 Å². The molecule has 3 rings (SSSR count). The molecule has 0 spiro atoms. The highest BCUT2D eigenvalue weighted by Gasteiger charge is 2.31. The van der Waals surface area contributed by atoms with Crippen LogP contribution in [0, 0.1) is 5.92 Å². The molecule has 0 heterocycles. The van der Waals surface area contributed by atoms with Crippen LogP contribution in [0.15, 0.2) is 90.9 Å². The number of benzene rings is 3. The Kier molecular flexibility index (Phi) is 7.22. The number of hydrogen-bond acceptors (Lipinski definition) is 4. The van der Waals surface area contributed by atoms with Gasteiger partial charge in [-0.15, -0.1) is 6.58 Å². The minimum atomic E-state index is -4.09. The summed E-state index contributed by atoms with van der Waals surface area (Å²) in [4.78, 5) is 27.3. The van der Waals surface area contributed by atoms with Gasteiger partial charge in [-0.05, 0) is 29.5 Å². The molecule has 0 bridgehead atoms. The standard InChI is InChI=1S/C25H24N2O4S/c1-3-10-22(24(28)26-32(30,31)18-17-19-11-5-4-6-12-19)25(29)27(2)23-16-9-14-20-13-7-8-15-21(20)23/h3-9,11-18,22H,1,10H2,2H3,(H,26,28). The molecule has 2 amide bonds. The molecule has 0 aliphatic heterocycles. The van der Waals surface area contributed by atoms with Gasteiger partial charge in [0.15, 0.2) is 0 Å². The van der Waals surface area contributed by atoms with Crippen molar-refractivity contribution in [2.24, 2.45) is 5.92 Å². The number of carbonyl (C=O) groups is 2. The first-order valence-corrected chi connectivity index (χ1v) is 11.5. The van der Waals surface area contributed by atoms with E-state index in [1.54, 1.807) is 37.4 Å². The van der Waals surface area contributed by atoms with Crippen molar-refractivity contribution in [1.82, 2.24) is 4.72 Å². The number of fused-ring (bicyclic) bond motifs is 1. The normalized spacial score (nSPS) is 12.4. The van der Waals surface area contributed by atoms with Gasteiger partial charge in [0.1, 0.15) is 5.92 Å². The predicted octanol–water partition coefficient (Wildman–Crippen LogP) is 4.11. The Morgan fingerprint density at radius 3 is 2.38 bits per heavy atom. The quantitative estimate of drug-likeness (QED) is 0.415. The van der Waals surface area contributed by atoms with Crippen LogP contribution in [0.1, 0.15) is 12.0 Å². The van der Waals surface area contributed by atoms with Crippen molar-refractivity contribution >= 4 is 44.4 Å². The van der Waals surface area contributed by atoms with E-state index in [4.69, 9.17) is 0 Å². The maximum atomic E-state index is 13.2. The number of rotatable bonds is 8. The van der Waals surface area contributed by atoms with E-state index in [9.17, 15) is 18.0 Å². The first-order chi connectivity index (χ1) is 15.3. The molecule has 0 saturated heterocycles. The Morgan fingerprint density at radius 2 is 1.66 bits per heavy atom. The van der Waals surface area contributed by atoms with Crippen LogP contribution in [0.2, 0.25) is 0 Å². The molecule has 1 atom stereocenters. The van der Waals surface area contributed by atoms with E-state index in [1.165, 1.54) is 17.1 Å². The molecule has 0 fully saturated rings. The van der Waals surface area contributed by atoms with Crippen LogP contribution in [0.5, 0.6) is 0 Å². The molecule has 0 saturated carbocycles. The van der Waals surface area contributed by atoms with Gasteiger partial charge >= 0.3 is 0 Å². The monoisotopic (exact) mass is 448 g/mol. The average molecular weight is 449 g/mol. The van der Waals surface area contributed by atoms with Gasteiger partial charge in [-0.3, -0.25) is 9.59 Å². The highest BCUT2D eigenvalue weighted by atomic mass is 32.2. The molecule has 32 heavy (non-hydrogen) atoms. The van der Waals surface area contributed by atoms with Crippen LogP contribution in [0.4, 0.5) is 5.69 Å². The van der Waals surface area contributed by atoms with Gasteiger partial charge in [0.2, 0.25) is 11.8 Å². The van der Waals surface area contributed by atoms with Crippen LogP contribution in [0.3, 0.4) is 0 Å². The smallest absolute Gasteiger partial charge is 0.257 e. The molecule has 0 aromatic heterocycles.